The Morgan fingerprint density at radius 1 is 1.56 bits per heavy atom. The Morgan fingerprint density at radius 3 is 3.00 bits per heavy atom. The topological polar surface area (TPSA) is 68.5 Å². The van der Waals surface area contributed by atoms with Crippen LogP contribution in [0, 0.1) is 0 Å². The van der Waals surface area contributed by atoms with Crippen LogP contribution < -0.4 is 5.32 Å². The molecule has 0 unspecified atom stereocenters. The molecule has 0 saturated heterocycles. The second-order valence-electron chi connectivity index (χ2n) is 2.97. The van der Waals surface area contributed by atoms with Gasteiger partial charge in [0.05, 0.1) is 19.8 Å². The number of carbonyl (C=O) groups is 2. The minimum absolute atomic E-state index is 0.164. The Bertz CT molecular complexity index is 367. The lowest BCUT2D eigenvalue weighted by Crippen LogP contribution is -2.24. The first-order valence-electron chi connectivity index (χ1n) is 4.78. The van der Waals surface area contributed by atoms with Gasteiger partial charge in [0, 0.05) is 12.6 Å². The van der Waals surface area contributed by atoms with Gasteiger partial charge >= 0.3 is 5.97 Å². The maximum absolute atomic E-state index is 11.2. The van der Waals surface area contributed by atoms with E-state index in [1.807, 2.05) is 0 Å². The van der Waals surface area contributed by atoms with Crippen LogP contribution in [0.5, 0.6) is 0 Å². The van der Waals surface area contributed by atoms with Gasteiger partial charge in [0.1, 0.15) is 5.76 Å². The molecule has 0 bridgehead atoms. The summed E-state index contributed by atoms with van der Waals surface area (Å²) >= 11 is 0. The molecule has 1 aromatic heterocycles. The molecule has 1 amide bonds. The molecule has 1 N–H and O–H groups in total. The number of furan rings is 1. The quantitative estimate of drug-likeness (QED) is 0.596. The number of nitrogens with one attached hydrogen (secondary N) is 1. The van der Waals surface area contributed by atoms with Crippen molar-refractivity contribution in [1.29, 1.82) is 0 Å². The summed E-state index contributed by atoms with van der Waals surface area (Å²) in [5.41, 5.74) is 0. The molecule has 0 spiro atoms. The van der Waals surface area contributed by atoms with Crippen molar-refractivity contribution in [3.63, 3.8) is 0 Å². The molecule has 5 heteroatoms. The van der Waals surface area contributed by atoms with Crippen LogP contribution in [0.3, 0.4) is 0 Å². The van der Waals surface area contributed by atoms with Gasteiger partial charge in [0.25, 0.3) is 0 Å². The van der Waals surface area contributed by atoms with E-state index in [0.717, 1.165) is 0 Å². The first kappa shape index (κ1) is 12.0. The van der Waals surface area contributed by atoms with Crippen molar-refractivity contribution in [3.05, 3.63) is 30.2 Å². The van der Waals surface area contributed by atoms with Gasteiger partial charge < -0.3 is 14.5 Å². The van der Waals surface area contributed by atoms with Crippen LogP contribution in [0.2, 0.25) is 0 Å². The van der Waals surface area contributed by atoms with E-state index < -0.39 is 0 Å². The van der Waals surface area contributed by atoms with Crippen molar-refractivity contribution < 1.29 is 18.7 Å². The minimum atomic E-state index is -0.352. The van der Waals surface area contributed by atoms with E-state index in [1.165, 1.54) is 19.4 Å². The summed E-state index contributed by atoms with van der Waals surface area (Å²) in [6, 6.07) is 3.47. The highest BCUT2D eigenvalue weighted by Crippen LogP contribution is 2.01. The van der Waals surface area contributed by atoms with E-state index in [0.29, 0.717) is 5.76 Å². The average Bonchev–Trinajstić information content (AvgIpc) is 2.79. The van der Waals surface area contributed by atoms with Crippen LogP contribution in [0.25, 0.3) is 6.08 Å². The lowest BCUT2D eigenvalue weighted by atomic mass is 10.3. The Hall–Kier alpha value is -2.04. The van der Waals surface area contributed by atoms with E-state index in [1.54, 1.807) is 18.2 Å². The normalized spacial score (nSPS) is 10.3. The van der Waals surface area contributed by atoms with Crippen molar-refractivity contribution in [2.24, 2.45) is 0 Å². The van der Waals surface area contributed by atoms with Crippen molar-refractivity contribution >= 4 is 18.0 Å². The molecule has 0 saturated carbocycles. The molecule has 86 valence electrons. The van der Waals surface area contributed by atoms with Gasteiger partial charge in [-0.3, -0.25) is 9.59 Å². The van der Waals surface area contributed by atoms with Crippen molar-refractivity contribution in [1.82, 2.24) is 5.32 Å². The number of hydrogen-bond donors (Lipinski definition) is 1. The third-order valence-corrected chi connectivity index (χ3v) is 1.80. The molecular formula is C11H13NO4. The van der Waals surface area contributed by atoms with E-state index in [-0.39, 0.29) is 24.8 Å². The summed E-state index contributed by atoms with van der Waals surface area (Å²) in [6.07, 6.45) is 4.58. The second kappa shape index (κ2) is 6.44. The highest BCUT2D eigenvalue weighted by Gasteiger charge is 2.00. The molecule has 0 aliphatic rings. The average molecular weight is 223 g/mol. The van der Waals surface area contributed by atoms with E-state index >= 15 is 0 Å². The molecule has 0 aliphatic heterocycles. The van der Waals surface area contributed by atoms with Crippen LogP contribution in [0.15, 0.2) is 28.9 Å². The van der Waals surface area contributed by atoms with Crippen LogP contribution in [0.4, 0.5) is 0 Å². The Kier molecular flexibility index (Phi) is 4.85. The summed E-state index contributed by atoms with van der Waals surface area (Å²) < 4.78 is 9.43. The number of methoxy groups -OCH3 is 1. The largest absolute Gasteiger partial charge is 0.469 e. The summed E-state index contributed by atoms with van der Waals surface area (Å²) in [6.45, 7) is 0.258. The minimum Gasteiger partial charge on any atom is -0.469 e. The Balaban J connectivity index is 2.23. The molecule has 5 nitrogen and oxygen atoms in total. The van der Waals surface area contributed by atoms with Crippen molar-refractivity contribution in [3.8, 4) is 0 Å². The molecule has 1 aromatic rings. The zero-order chi connectivity index (χ0) is 11.8. The fraction of sp³-hybridized carbons (Fsp3) is 0.273. The predicted molar refractivity (Wildman–Crippen MR) is 57.4 cm³/mol. The van der Waals surface area contributed by atoms with Gasteiger partial charge in [0.2, 0.25) is 5.91 Å². The third kappa shape index (κ3) is 4.45. The van der Waals surface area contributed by atoms with E-state index in [4.69, 9.17) is 4.42 Å². The van der Waals surface area contributed by atoms with E-state index in [9.17, 15) is 9.59 Å². The molecular weight excluding hydrogens is 210 g/mol. The predicted octanol–water partition coefficient (Wildman–Crippen LogP) is 0.972. The molecule has 1 heterocycles. The van der Waals surface area contributed by atoms with Crippen LogP contribution in [0.1, 0.15) is 12.2 Å². The summed E-state index contributed by atoms with van der Waals surface area (Å²) in [5.74, 6) is -0.0289. The van der Waals surface area contributed by atoms with E-state index in [2.05, 4.69) is 10.1 Å². The summed E-state index contributed by atoms with van der Waals surface area (Å²) in [5, 5.41) is 2.54. The van der Waals surface area contributed by atoms with Crippen LogP contribution in [-0.2, 0) is 14.3 Å². The molecule has 0 aliphatic carbocycles. The van der Waals surface area contributed by atoms with Gasteiger partial charge in [-0.1, -0.05) is 0 Å². The maximum atomic E-state index is 11.2. The molecule has 0 radical (unpaired) electrons. The lowest BCUT2D eigenvalue weighted by molar-refractivity contribution is -0.140. The second-order valence-corrected chi connectivity index (χ2v) is 2.97. The molecule has 0 aromatic carbocycles. The SMILES string of the molecule is COC(=O)CCNC(=O)C=Cc1ccco1. The van der Waals surface area contributed by atoms with Crippen LogP contribution >= 0.6 is 0 Å². The summed E-state index contributed by atoms with van der Waals surface area (Å²) in [4.78, 5) is 21.9. The fourth-order valence-electron chi connectivity index (χ4n) is 0.993. The number of carbonyl (C=O) groups excluding carboxylic acids is 2. The number of amides is 1. The number of rotatable bonds is 5. The van der Waals surface area contributed by atoms with Crippen molar-refractivity contribution in [2.75, 3.05) is 13.7 Å². The first-order chi connectivity index (χ1) is 7.72. The zero-order valence-corrected chi connectivity index (χ0v) is 8.93. The number of ether oxygens (including phenoxy) is 1. The van der Waals surface area contributed by atoms with Crippen molar-refractivity contribution in [2.45, 2.75) is 6.42 Å². The van der Waals surface area contributed by atoms with Gasteiger partial charge in [0.15, 0.2) is 0 Å². The Morgan fingerprint density at radius 2 is 2.38 bits per heavy atom. The zero-order valence-electron chi connectivity index (χ0n) is 8.93. The molecule has 1 rings (SSSR count). The van der Waals surface area contributed by atoms with Crippen LogP contribution in [-0.4, -0.2) is 25.5 Å². The highest BCUT2D eigenvalue weighted by atomic mass is 16.5. The number of esters is 1. The molecule has 0 fully saturated rings. The smallest absolute Gasteiger partial charge is 0.307 e. The third-order valence-electron chi connectivity index (χ3n) is 1.80. The van der Waals surface area contributed by atoms with Gasteiger partial charge in [-0.05, 0) is 18.2 Å². The highest BCUT2D eigenvalue weighted by molar-refractivity contribution is 5.91. The van der Waals surface area contributed by atoms with Gasteiger partial charge in [-0.2, -0.15) is 0 Å². The monoisotopic (exact) mass is 223 g/mol. The fourth-order valence-corrected chi connectivity index (χ4v) is 0.993. The van der Waals surface area contributed by atoms with Gasteiger partial charge in [-0.15, -0.1) is 0 Å². The standard InChI is InChI=1S/C11H13NO4/c1-15-11(14)6-7-12-10(13)5-4-9-3-2-8-16-9/h2-5,8H,6-7H2,1H3,(H,12,13). The lowest BCUT2D eigenvalue weighted by Gasteiger charge is -2.00. The molecule has 0 atom stereocenters. The first-order valence-corrected chi connectivity index (χ1v) is 4.78. The molecule has 16 heavy (non-hydrogen) atoms. The van der Waals surface area contributed by atoms with Gasteiger partial charge in [-0.25, -0.2) is 0 Å². The number of hydrogen-bond acceptors (Lipinski definition) is 4. The Labute approximate surface area is 93.1 Å². The maximum Gasteiger partial charge on any atom is 0.307 e. The summed E-state index contributed by atoms with van der Waals surface area (Å²) in [7, 11) is 1.31.